The number of benzene rings is 1. The van der Waals surface area contributed by atoms with Crippen LogP contribution in [0.3, 0.4) is 0 Å². The van der Waals surface area contributed by atoms with E-state index in [1.165, 1.54) is 5.56 Å². The van der Waals surface area contributed by atoms with Crippen LogP contribution in [0.1, 0.15) is 56.7 Å². The molecule has 1 aliphatic rings. The predicted octanol–water partition coefficient (Wildman–Crippen LogP) is 2.76. The van der Waals surface area contributed by atoms with Crippen LogP contribution in [-0.4, -0.2) is 31.7 Å². The number of nitrogens with one attached hydrogen (secondary N) is 2. The maximum atomic E-state index is 12.0. The minimum absolute atomic E-state index is 0.0262. The van der Waals surface area contributed by atoms with Crippen LogP contribution in [0.5, 0.6) is 0 Å². The highest BCUT2D eigenvalue weighted by Crippen LogP contribution is 2.18. The summed E-state index contributed by atoms with van der Waals surface area (Å²) in [5.74, 6) is 0.555. The molecule has 0 aromatic heterocycles. The molecule has 1 saturated heterocycles. The van der Waals surface area contributed by atoms with Gasteiger partial charge in [0.15, 0.2) is 0 Å². The monoisotopic (exact) mass is 304 g/mol. The molecule has 4 heteroatoms. The molecule has 1 aliphatic heterocycles. The summed E-state index contributed by atoms with van der Waals surface area (Å²) < 4.78 is 5.52. The van der Waals surface area contributed by atoms with Crippen LogP contribution in [0, 0.1) is 0 Å². The zero-order chi connectivity index (χ0) is 15.9. The number of hydrogen-bond acceptors (Lipinski definition) is 3. The predicted molar refractivity (Wildman–Crippen MR) is 88.9 cm³/mol. The summed E-state index contributed by atoms with van der Waals surface area (Å²) in [4.78, 5) is 12.0. The van der Waals surface area contributed by atoms with Crippen molar-refractivity contribution in [3.05, 3.63) is 35.4 Å². The van der Waals surface area contributed by atoms with Gasteiger partial charge in [0, 0.05) is 13.2 Å². The standard InChI is InChI=1S/C18H28N2O2/c1-13(2)15-6-8-16(9-7-15)14(3)20-18(21)12-19-11-17-5-4-10-22-17/h6-9,13-14,17,19H,4-5,10-12H2,1-3H3,(H,20,21). The third kappa shape index (κ3) is 5.11. The topological polar surface area (TPSA) is 50.4 Å². The molecule has 1 aromatic rings. The van der Waals surface area contributed by atoms with Crippen LogP contribution >= 0.6 is 0 Å². The molecule has 2 atom stereocenters. The molecule has 2 unspecified atom stereocenters. The van der Waals surface area contributed by atoms with E-state index in [-0.39, 0.29) is 18.1 Å². The van der Waals surface area contributed by atoms with Crippen LogP contribution in [0.4, 0.5) is 0 Å². The van der Waals surface area contributed by atoms with E-state index in [0.29, 0.717) is 12.5 Å². The van der Waals surface area contributed by atoms with Crippen molar-refractivity contribution in [2.24, 2.45) is 0 Å². The molecular formula is C18H28N2O2. The molecule has 2 N–H and O–H groups in total. The normalized spacial score (nSPS) is 19.4. The second kappa shape index (κ2) is 8.30. The first-order valence-corrected chi connectivity index (χ1v) is 8.28. The van der Waals surface area contributed by atoms with E-state index < -0.39 is 0 Å². The minimum Gasteiger partial charge on any atom is -0.377 e. The summed E-state index contributed by atoms with van der Waals surface area (Å²) >= 11 is 0. The van der Waals surface area contributed by atoms with Gasteiger partial charge in [-0.1, -0.05) is 38.1 Å². The highest BCUT2D eigenvalue weighted by molar-refractivity contribution is 5.78. The van der Waals surface area contributed by atoms with Crippen molar-refractivity contribution < 1.29 is 9.53 Å². The molecule has 4 nitrogen and oxygen atoms in total. The maximum Gasteiger partial charge on any atom is 0.234 e. The Morgan fingerprint density at radius 1 is 1.23 bits per heavy atom. The zero-order valence-corrected chi connectivity index (χ0v) is 13.9. The Labute approximate surface area is 133 Å². The zero-order valence-electron chi connectivity index (χ0n) is 13.9. The van der Waals surface area contributed by atoms with Gasteiger partial charge in [-0.15, -0.1) is 0 Å². The number of amides is 1. The Bertz CT molecular complexity index is 464. The van der Waals surface area contributed by atoms with Gasteiger partial charge >= 0.3 is 0 Å². The molecule has 0 aliphatic carbocycles. The number of rotatable bonds is 7. The van der Waals surface area contributed by atoms with Gasteiger partial charge in [-0.05, 0) is 36.8 Å². The SMILES string of the molecule is CC(C)c1ccc(C(C)NC(=O)CNCC2CCCO2)cc1. The number of carbonyl (C=O) groups is 1. The fraction of sp³-hybridized carbons (Fsp3) is 0.611. The molecule has 122 valence electrons. The molecule has 0 spiro atoms. The maximum absolute atomic E-state index is 12.0. The van der Waals surface area contributed by atoms with Gasteiger partial charge in [-0.25, -0.2) is 0 Å². The van der Waals surface area contributed by atoms with Crippen LogP contribution in [0.25, 0.3) is 0 Å². The molecule has 0 bridgehead atoms. The number of carbonyl (C=O) groups excluding carboxylic acids is 1. The summed E-state index contributed by atoms with van der Waals surface area (Å²) in [7, 11) is 0. The number of hydrogen-bond donors (Lipinski definition) is 2. The smallest absolute Gasteiger partial charge is 0.234 e. The van der Waals surface area contributed by atoms with Crippen LogP contribution < -0.4 is 10.6 Å². The van der Waals surface area contributed by atoms with Crippen molar-refractivity contribution in [3.63, 3.8) is 0 Å². The largest absolute Gasteiger partial charge is 0.377 e. The quantitative estimate of drug-likeness (QED) is 0.814. The molecule has 0 radical (unpaired) electrons. The second-order valence-corrected chi connectivity index (χ2v) is 6.38. The fourth-order valence-corrected chi connectivity index (χ4v) is 2.70. The molecule has 1 amide bonds. The van der Waals surface area contributed by atoms with Crippen molar-refractivity contribution in [2.45, 2.75) is 51.7 Å². The van der Waals surface area contributed by atoms with Crippen LogP contribution in [0.2, 0.25) is 0 Å². The highest BCUT2D eigenvalue weighted by Gasteiger charge is 2.15. The van der Waals surface area contributed by atoms with E-state index in [0.717, 1.165) is 31.6 Å². The van der Waals surface area contributed by atoms with Crippen LogP contribution in [0.15, 0.2) is 24.3 Å². The van der Waals surface area contributed by atoms with E-state index in [9.17, 15) is 4.79 Å². The summed E-state index contributed by atoms with van der Waals surface area (Å²) in [6, 6.07) is 8.50. The fourth-order valence-electron chi connectivity index (χ4n) is 2.70. The Balaban J connectivity index is 1.72. The lowest BCUT2D eigenvalue weighted by molar-refractivity contribution is -0.120. The molecule has 0 saturated carbocycles. The van der Waals surface area contributed by atoms with E-state index in [1.54, 1.807) is 0 Å². The second-order valence-electron chi connectivity index (χ2n) is 6.38. The molecule has 1 fully saturated rings. The lowest BCUT2D eigenvalue weighted by Gasteiger charge is -2.16. The first kappa shape index (κ1) is 17.0. The van der Waals surface area contributed by atoms with Crippen molar-refractivity contribution >= 4 is 5.91 Å². The average molecular weight is 304 g/mol. The summed E-state index contributed by atoms with van der Waals surface area (Å²) in [5, 5.41) is 6.20. The molecule has 1 heterocycles. The van der Waals surface area contributed by atoms with Gasteiger partial charge in [-0.2, -0.15) is 0 Å². The Morgan fingerprint density at radius 3 is 2.50 bits per heavy atom. The van der Waals surface area contributed by atoms with E-state index >= 15 is 0 Å². The summed E-state index contributed by atoms with van der Waals surface area (Å²) in [6.45, 7) is 8.32. The van der Waals surface area contributed by atoms with Gasteiger partial charge in [0.25, 0.3) is 0 Å². The first-order valence-electron chi connectivity index (χ1n) is 8.28. The van der Waals surface area contributed by atoms with E-state index in [1.807, 2.05) is 6.92 Å². The van der Waals surface area contributed by atoms with E-state index in [4.69, 9.17) is 4.74 Å². The molecule has 22 heavy (non-hydrogen) atoms. The summed E-state index contributed by atoms with van der Waals surface area (Å²) in [5.41, 5.74) is 2.46. The third-order valence-electron chi connectivity index (χ3n) is 4.16. The third-order valence-corrected chi connectivity index (χ3v) is 4.16. The van der Waals surface area contributed by atoms with Gasteiger partial charge in [0.1, 0.15) is 0 Å². The van der Waals surface area contributed by atoms with Crippen molar-refractivity contribution in [1.82, 2.24) is 10.6 Å². The minimum atomic E-state index is 0.0262. The Morgan fingerprint density at radius 2 is 1.91 bits per heavy atom. The van der Waals surface area contributed by atoms with Crippen molar-refractivity contribution in [1.29, 1.82) is 0 Å². The Hall–Kier alpha value is -1.39. The summed E-state index contributed by atoms with van der Waals surface area (Å²) in [6.07, 6.45) is 2.49. The van der Waals surface area contributed by atoms with Gasteiger partial charge in [0.05, 0.1) is 18.7 Å². The lowest BCUT2D eigenvalue weighted by atomic mass is 9.99. The van der Waals surface area contributed by atoms with Gasteiger partial charge in [-0.3, -0.25) is 4.79 Å². The lowest BCUT2D eigenvalue weighted by Crippen LogP contribution is -2.38. The van der Waals surface area contributed by atoms with E-state index in [2.05, 4.69) is 48.7 Å². The van der Waals surface area contributed by atoms with Crippen molar-refractivity contribution in [2.75, 3.05) is 19.7 Å². The van der Waals surface area contributed by atoms with Gasteiger partial charge in [0.2, 0.25) is 5.91 Å². The molecule has 2 rings (SSSR count). The van der Waals surface area contributed by atoms with Crippen molar-refractivity contribution in [3.8, 4) is 0 Å². The highest BCUT2D eigenvalue weighted by atomic mass is 16.5. The van der Waals surface area contributed by atoms with Crippen LogP contribution in [-0.2, 0) is 9.53 Å². The Kier molecular flexibility index (Phi) is 6.40. The van der Waals surface area contributed by atoms with Gasteiger partial charge < -0.3 is 15.4 Å². The number of ether oxygens (including phenoxy) is 1. The average Bonchev–Trinajstić information content (AvgIpc) is 3.00. The molecular weight excluding hydrogens is 276 g/mol. The first-order chi connectivity index (χ1) is 10.6. The molecule has 1 aromatic carbocycles.